The molecule has 0 spiro atoms. The fourth-order valence-electron chi connectivity index (χ4n) is 2.88. The van der Waals surface area contributed by atoms with Gasteiger partial charge >= 0.3 is 0 Å². The highest BCUT2D eigenvalue weighted by Gasteiger charge is 2.23. The average Bonchev–Trinajstić information content (AvgIpc) is 3.09. The number of carbonyl (C=O) groups excluding carboxylic acids is 1. The summed E-state index contributed by atoms with van der Waals surface area (Å²) in [6.07, 6.45) is 7.27. The van der Waals surface area contributed by atoms with Crippen LogP contribution in [0.5, 0.6) is 5.75 Å². The molecule has 1 aliphatic rings. The molecule has 122 valence electrons. The Morgan fingerprint density at radius 3 is 2.91 bits per heavy atom. The first kappa shape index (κ1) is 15.4. The van der Waals surface area contributed by atoms with Gasteiger partial charge in [-0.1, -0.05) is 0 Å². The largest absolute Gasteiger partial charge is 0.497 e. The molecule has 1 unspecified atom stereocenters. The van der Waals surface area contributed by atoms with E-state index in [0.717, 1.165) is 37.4 Å². The third-order valence-electron chi connectivity index (χ3n) is 4.11. The van der Waals surface area contributed by atoms with Crippen molar-refractivity contribution in [2.24, 2.45) is 0 Å². The highest BCUT2D eigenvalue weighted by molar-refractivity contribution is 5.76. The molecule has 1 atom stereocenters. The minimum absolute atomic E-state index is 0.143. The zero-order valence-electron chi connectivity index (χ0n) is 13.3. The molecule has 2 heterocycles. The SMILES string of the molecule is COc1ccc(NC2CCCN(C(=O)Cn3ccnc3)C2)cc1. The van der Waals surface area contributed by atoms with E-state index >= 15 is 0 Å². The van der Waals surface area contributed by atoms with Crippen molar-refractivity contribution in [2.45, 2.75) is 25.4 Å². The second-order valence-corrected chi connectivity index (χ2v) is 5.79. The summed E-state index contributed by atoms with van der Waals surface area (Å²) in [6, 6.07) is 8.17. The third-order valence-corrected chi connectivity index (χ3v) is 4.11. The van der Waals surface area contributed by atoms with E-state index < -0.39 is 0 Å². The Morgan fingerprint density at radius 1 is 1.39 bits per heavy atom. The van der Waals surface area contributed by atoms with Crippen molar-refractivity contribution in [3.05, 3.63) is 43.0 Å². The first-order valence-electron chi connectivity index (χ1n) is 7.89. The van der Waals surface area contributed by atoms with Crippen molar-refractivity contribution >= 4 is 11.6 Å². The summed E-state index contributed by atoms with van der Waals surface area (Å²) < 4.78 is 6.98. The number of imidazole rings is 1. The van der Waals surface area contributed by atoms with Crippen LogP contribution < -0.4 is 10.1 Å². The van der Waals surface area contributed by atoms with Gasteiger partial charge in [-0.3, -0.25) is 4.79 Å². The van der Waals surface area contributed by atoms with E-state index in [2.05, 4.69) is 10.3 Å². The van der Waals surface area contributed by atoms with Crippen LogP contribution in [0.4, 0.5) is 5.69 Å². The van der Waals surface area contributed by atoms with E-state index in [1.54, 1.807) is 19.6 Å². The second kappa shape index (κ2) is 7.17. The lowest BCUT2D eigenvalue weighted by atomic mass is 10.1. The molecule has 6 heteroatoms. The molecule has 0 aliphatic carbocycles. The van der Waals surface area contributed by atoms with Gasteiger partial charge in [0.15, 0.2) is 0 Å². The fourth-order valence-corrected chi connectivity index (χ4v) is 2.88. The zero-order valence-corrected chi connectivity index (χ0v) is 13.3. The van der Waals surface area contributed by atoms with Crippen molar-refractivity contribution in [1.29, 1.82) is 0 Å². The van der Waals surface area contributed by atoms with Gasteiger partial charge < -0.3 is 19.5 Å². The number of ether oxygens (including phenoxy) is 1. The van der Waals surface area contributed by atoms with Crippen LogP contribution in [0.2, 0.25) is 0 Å². The number of hydrogen-bond acceptors (Lipinski definition) is 4. The Kier molecular flexibility index (Phi) is 4.80. The molecule has 23 heavy (non-hydrogen) atoms. The quantitative estimate of drug-likeness (QED) is 0.917. The van der Waals surface area contributed by atoms with Crippen molar-refractivity contribution in [1.82, 2.24) is 14.5 Å². The van der Waals surface area contributed by atoms with Crippen molar-refractivity contribution in [3.8, 4) is 5.75 Å². The topological polar surface area (TPSA) is 59.4 Å². The van der Waals surface area contributed by atoms with Crippen LogP contribution in [0, 0.1) is 0 Å². The Balaban J connectivity index is 1.55. The van der Waals surface area contributed by atoms with Crippen LogP contribution in [-0.2, 0) is 11.3 Å². The normalized spacial score (nSPS) is 17.8. The van der Waals surface area contributed by atoms with Gasteiger partial charge in [-0.15, -0.1) is 0 Å². The number of likely N-dealkylation sites (tertiary alicyclic amines) is 1. The Morgan fingerprint density at radius 2 is 2.22 bits per heavy atom. The highest BCUT2D eigenvalue weighted by atomic mass is 16.5. The maximum Gasteiger partial charge on any atom is 0.242 e. The maximum absolute atomic E-state index is 12.4. The number of nitrogens with zero attached hydrogens (tertiary/aromatic N) is 3. The number of piperidine rings is 1. The van der Waals surface area contributed by atoms with Crippen molar-refractivity contribution in [3.63, 3.8) is 0 Å². The summed E-state index contributed by atoms with van der Waals surface area (Å²) in [4.78, 5) is 18.3. The van der Waals surface area contributed by atoms with E-state index in [1.165, 1.54) is 0 Å². The minimum atomic E-state index is 0.143. The lowest BCUT2D eigenvalue weighted by molar-refractivity contribution is -0.132. The summed E-state index contributed by atoms with van der Waals surface area (Å²) in [6.45, 7) is 1.92. The number of anilines is 1. The number of methoxy groups -OCH3 is 1. The van der Waals surface area contributed by atoms with Gasteiger partial charge in [-0.2, -0.15) is 0 Å². The van der Waals surface area contributed by atoms with Crippen LogP contribution in [-0.4, -0.2) is 46.6 Å². The summed E-state index contributed by atoms with van der Waals surface area (Å²) >= 11 is 0. The molecule has 1 aromatic carbocycles. The van der Waals surface area contributed by atoms with Gasteiger partial charge in [-0.25, -0.2) is 4.98 Å². The Bertz CT molecular complexity index is 625. The zero-order chi connectivity index (χ0) is 16.1. The second-order valence-electron chi connectivity index (χ2n) is 5.79. The molecule has 0 saturated carbocycles. The fraction of sp³-hybridized carbons (Fsp3) is 0.412. The van der Waals surface area contributed by atoms with E-state index in [4.69, 9.17) is 4.74 Å². The summed E-state index contributed by atoms with van der Waals surface area (Å²) in [5.41, 5.74) is 1.06. The first-order chi connectivity index (χ1) is 11.2. The smallest absolute Gasteiger partial charge is 0.242 e. The molecule has 1 aromatic heterocycles. The third kappa shape index (κ3) is 4.03. The molecule has 0 bridgehead atoms. The number of hydrogen-bond donors (Lipinski definition) is 1. The molecule has 6 nitrogen and oxygen atoms in total. The van der Waals surface area contributed by atoms with Crippen LogP contribution in [0.1, 0.15) is 12.8 Å². The van der Waals surface area contributed by atoms with Gasteiger partial charge in [0.25, 0.3) is 0 Å². The predicted molar refractivity (Wildman–Crippen MR) is 88.4 cm³/mol. The first-order valence-corrected chi connectivity index (χ1v) is 7.89. The molecule has 1 amide bonds. The molecule has 1 aliphatic heterocycles. The minimum Gasteiger partial charge on any atom is -0.497 e. The van der Waals surface area contributed by atoms with Gasteiger partial charge in [0.2, 0.25) is 5.91 Å². The number of benzene rings is 1. The van der Waals surface area contributed by atoms with Crippen molar-refractivity contribution in [2.75, 3.05) is 25.5 Å². The Labute approximate surface area is 136 Å². The lowest BCUT2D eigenvalue weighted by Gasteiger charge is -2.33. The summed E-state index contributed by atoms with van der Waals surface area (Å²) in [7, 11) is 1.66. The van der Waals surface area contributed by atoms with Crippen molar-refractivity contribution < 1.29 is 9.53 Å². The van der Waals surface area contributed by atoms with Crippen LogP contribution in [0.3, 0.4) is 0 Å². The molecular formula is C17H22N4O2. The maximum atomic E-state index is 12.4. The molecule has 1 saturated heterocycles. The van der Waals surface area contributed by atoms with Crippen LogP contribution >= 0.6 is 0 Å². The molecule has 1 fully saturated rings. The Hall–Kier alpha value is -2.50. The number of rotatable bonds is 5. The average molecular weight is 314 g/mol. The lowest BCUT2D eigenvalue weighted by Crippen LogP contribution is -2.46. The van der Waals surface area contributed by atoms with Gasteiger partial charge in [0.1, 0.15) is 12.3 Å². The van der Waals surface area contributed by atoms with E-state index in [9.17, 15) is 4.79 Å². The number of nitrogens with one attached hydrogen (secondary N) is 1. The predicted octanol–water partition coefficient (Wildman–Crippen LogP) is 1.99. The van der Waals surface area contributed by atoms with E-state index in [-0.39, 0.29) is 11.9 Å². The summed E-state index contributed by atoms with van der Waals surface area (Å²) in [5, 5.41) is 3.51. The molecule has 3 rings (SSSR count). The van der Waals surface area contributed by atoms with Crippen LogP contribution in [0.25, 0.3) is 0 Å². The standard InChI is InChI=1S/C17H22N4O2/c1-23-16-6-4-14(5-7-16)19-15-3-2-9-21(11-15)17(22)12-20-10-8-18-13-20/h4-8,10,13,15,19H,2-3,9,11-12H2,1H3. The molecular weight excluding hydrogens is 292 g/mol. The number of amides is 1. The van der Waals surface area contributed by atoms with E-state index in [0.29, 0.717) is 6.54 Å². The number of carbonyl (C=O) groups is 1. The summed E-state index contributed by atoms with van der Waals surface area (Å²) in [5.74, 6) is 0.987. The van der Waals surface area contributed by atoms with Gasteiger partial charge in [0, 0.05) is 37.2 Å². The highest BCUT2D eigenvalue weighted by Crippen LogP contribution is 2.19. The monoisotopic (exact) mass is 314 g/mol. The van der Waals surface area contributed by atoms with E-state index in [1.807, 2.05) is 39.9 Å². The van der Waals surface area contributed by atoms with Gasteiger partial charge in [0.05, 0.1) is 13.4 Å². The molecule has 2 aromatic rings. The molecule has 1 N–H and O–H groups in total. The molecule has 0 radical (unpaired) electrons. The number of aromatic nitrogens is 2. The van der Waals surface area contributed by atoms with Gasteiger partial charge in [-0.05, 0) is 37.1 Å². The van der Waals surface area contributed by atoms with Crippen LogP contribution in [0.15, 0.2) is 43.0 Å².